The molecule has 1 saturated heterocycles. The molecule has 0 spiro atoms. The first kappa shape index (κ1) is 18.4. The van der Waals surface area contributed by atoms with E-state index in [1.165, 1.54) is 5.56 Å². The lowest BCUT2D eigenvalue weighted by Gasteiger charge is -2.32. The van der Waals surface area contributed by atoms with Crippen molar-refractivity contribution in [3.8, 4) is 0 Å². The van der Waals surface area contributed by atoms with Crippen molar-refractivity contribution >= 4 is 11.9 Å². The van der Waals surface area contributed by atoms with Crippen molar-refractivity contribution in [2.75, 3.05) is 31.1 Å². The molecule has 5 nitrogen and oxygen atoms in total. The van der Waals surface area contributed by atoms with Crippen LogP contribution in [0.1, 0.15) is 42.6 Å². The van der Waals surface area contributed by atoms with E-state index in [1.54, 1.807) is 17.3 Å². The van der Waals surface area contributed by atoms with Gasteiger partial charge in [0.05, 0.1) is 5.56 Å². The number of anilines is 1. The molecule has 0 radical (unpaired) electrons. The van der Waals surface area contributed by atoms with Crippen molar-refractivity contribution < 1.29 is 4.79 Å². The molecule has 1 amide bonds. The highest BCUT2D eigenvalue weighted by molar-refractivity contribution is 5.93. The number of hydrogen-bond acceptors (Lipinski definition) is 4. The molecule has 1 aromatic heterocycles. The van der Waals surface area contributed by atoms with E-state index in [-0.39, 0.29) is 5.91 Å². The van der Waals surface area contributed by atoms with Crippen molar-refractivity contribution in [2.45, 2.75) is 33.1 Å². The summed E-state index contributed by atoms with van der Waals surface area (Å²) in [4.78, 5) is 25.3. The minimum Gasteiger partial charge on any atom is -0.341 e. The first-order valence-electron chi connectivity index (χ1n) is 9.61. The highest BCUT2D eigenvalue weighted by atomic mass is 16.2. The van der Waals surface area contributed by atoms with Gasteiger partial charge < -0.3 is 9.80 Å². The monoisotopic (exact) mass is 352 g/mol. The first-order chi connectivity index (χ1) is 12.7. The SMILES string of the molecule is CCN(CC)C(=O)c1cnc(N2CCC(Cc3ccccc3)CC2)nc1. The fourth-order valence-corrected chi connectivity index (χ4v) is 3.57. The third-order valence-electron chi connectivity index (χ3n) is 5.20. The second-order valence-corrected chi connectivity index (χ2v) is 6.87. The molecule has 138 valence electrons. The molecule has 1 fully saturated rings. The molecule has 26 heavy (non-hydrogen) atoms. The van der Waals surface area contributed by atoms with E-state index < -0.39 is 0 Å². The van der Waals surface area contributed by atoms with E-state index in [0.717, 1.165) is 44.2 Å². The highest BCUT2D eigenvalue weighted by Crippen LogP contribution is 2.23. The Labute approximate surface area is 156 Å². The van der Waals surface area contributed by atoms with Gasteiger partial charge in [-0.1, -0.05) is 30.3 Å². The summed E-state index contributed by atoms with van der Waals surface area (Å²) in [5, 5.41) is 0. The van der Waals surface area contributed by atoms with E-state index >= 15 is 0 Å². The van der Waals surface area contributed by atoms with Crippen LogP contribution in [0.2, 0.25) is 0 Å². The molecule has 1 aliphatic heterocycles. The molecule has 0 atom stereocenters. The van der Waals surface area contributed by atoms with E-state index in [2.05, 4.69) is 45.2 Å². The molecule has 1 aromatic carbocycles. The number of carbonyl (C=O) groups excluding carboxylic acids is 1. The van der Waals surface area contributed by atoms with Crippen molar-refractivity contribution in [3.63, 3.8) is 0 Å². The number of benzene rings is 1. The van der Waals surface area contributed by atoms with Crippen LogP contribution < -0.4 is 4.90 Å². The Morgan fingerprint density at radius 1 is 1.08 bits per heavy atom. The number of nitrogens with zero attached hydrogens (tertiary/aromatic N) is 4. The predicted octanol–water partition coefficient (Wildman–Crippen LogP) is 3.42. The fraction of sp³-hybridized carbons (Fsp3) is 0.476. The van der Waals surface area contributed by atoms with Crippen LogP contribution in [0, 0.1) is 5.92 Å². The van der Waals surface area contributed by atoms with Crippen LogP contribution in [0.5, 0.6) is 0 Å². The number of carbonyl (C=O) groups is 1. The summed E-state index contributed by atoms with van der Waals surface area (Å²) in [6.45, 7) is 7.31. The highest BCUT2D eigenvalue weighted by Gasteiger charge is 2.22. The number of amides is 1. The normalized spacial score (nSPS) is 15.1. The lowest BCUT2D eigenvalue weighted by molar-refractivity contribution is 0.0772. The van der Waals surface area contributed by atoms with Crippen LogP contribution in [0.15, 0.2) is 42.7 Å². The molecule has 5 heteroatoms. The van der Waals surface area contributed by atoms with Gasteiger partial charge in [0.25, 0.3) is 5.91 Å². The van der Waals surface area contributed by atoms with E-state index in [1.807, 2.05) is 13.8 Å². The molecule has 2 aromatic rings. The van der Waals surface area contributed by atoms with Gasteiger partial charge in [-0.3, -0.25) is 4.79 Å². The van der Waals surface area contributed by atoms with Crippen molar-refractivity contribution in [2.24, 2.45) is 5.92 Å². The van der Waals surface area contributed by atoms with Gasteiger partial charge in [0.1, 0.15) is 0 Å². The summed E-state index contributed by atoms with van der Waals surface area (Å²) in [7, 11) is 0. The zero-order valence-corrected chi connectivity index (χ0v) is 15.8. The average molecular weight is 352 g/mol. The second-order valence-electron chi connectivity index (χ2n) is 6.87. The Bertz CT molecular complexity index is 690. The molecular formula is C21H28N4O. The van der Waals surface area contributed by atoms with Gasteiger partial charge in [-0.05, 0) is 44.6 Å². The van der Waals surface area contributed by atoms with Gasteiger partial charge in [0, 0.05) is 38.6 Å². The van der Waals surface area contributed by atoms with Gasteiger partial charge in [0.2, 0.25) is 5.95 Å². The molecule has 2 heterocycles. The van der Waals surface area contributed by atoms with Crippen LogP contribution in [0.3, 0.4) is 0 Å². The molecule has 1 aliphatic rings. The second kappa shape index (κ2) is 8.79. The van der Waals surface area contributed by atoms with Gasteiger partial charge in [-0.2, -0.15) is 0 Å². The topological polar surface area (TPSA) is 49.3 Å². The molecule has 0 unspecified atom stereocenters. The molecule has 0 N–H and O–H groups in total. The number of aromatic nitrogens is 2. The summed E-state index contributed by atoms with van der Waals surface area (Å²) < 4.78 is 0. The molecule has 0 bridgehead atoms. The molecule has 0 saturated carbocycles. The summed E-state index contributed by atoms with van der Waals surface area (Å²) in [5.41, 5.74) is 1.98. The summed E-state index contributed by atoms with van der Waals surface area (Å²) >= 11 is 0. The maximum atomic E-state index is 12.3. The van der Waals surface area contributed by atoms with Crippen molar-refractivity contribution in [3.05, 3.63) is 53.9 Å². The molecular weight excluding hydrogens is 324 g/mol. The van der Waals surface area contributed by atoms with Gasteiger partial charge in [0.15, 0.2) is 0 Å². The van der Waals surface area contributed by atoms with Crippen LogP contribution in [0.25, 0.3) is 0 Å². The van der Waals surface area contributed by atoms with E-state index in [0.29, 0.717) is 18.7 Å². The third kappa shape index (κ3) is 4.40. The average Bonchev–Trinajstić information content (AvgIpc) is 2.70. The Morgan fingerprint density at radius 3 is 2.27 bits per heavy atom. The van der Waals surface area contributed by atoms with Gasteiger partial charge in [-0.25, -0.2) is 9.97 Å². The van der Waals surface area contributed by atoms with E-state index in [9.17, 15) is 4.79 Å². The Balaban J connectivity index is 1.55. The molecule has 0 aliphatic carbocycles. The maximum absolute atomic E-state index is 12.3. The summed E-state index contributed by atoms with van der Waals surface area (Å²) in [6.07, 6.45) is 6.78. The zero-order valence-electron chi connectivity index (χ0n) is 15.8. The lowest BCUT2D eigenvalue weighted by atomic mass is 9.90. The standard InChI is InChI=1S/C21H28N4O/c1-3-24(4-2)20(26)19-15-22-21(23-16-19)25-12-10-18(11-13-25)14-17-8-6-5-7-9-17/h5-9,15-16,18H,3-4,10-14H2,1-2H3. The maximum Gasteiger partial charge on any atom is 0.256 e. The van der Waals surface area contributed by atoms with Crippen molar-refractivity contribution in [1.82, 2.24) is 14.9 Å². The third-order valence-corrected chi connectivity index (χ3v) is 5.20. The lowest BCUT2D eigenvalue weighted by Crippen LogP contribution is -2.35. The number of hydrogen-bond donors (Lipinski definition) is 0. The zero-order chi connectivity index (χ0) is 18.4. The van der Waals surface area contributed by atoms with Crippen LogP contribution in [-0.2, 0) is 6.42 Å². The van der Waals surface area contributed by atoms with Crippen LogP contribution in [0.4, 0.5) is 5.95 Å². The fourth-order valence-electron chi connectivity index (χ4n) is 3.57. The number of piperidine rings is 1. The minimum atomic E-state index is 0.00289. The van der Waals surface area contributed by atoms with Crippen LogP contribution in [-0.4, -0.2) is 47.0 Å². The van der Waals surface area contributed by atoms with Crippen molar-refractivity contribution in [1.29, 1.82) is 0 Å². The van der Waals surface area contributed by atoms with Gasteiger partial charge >= 0.3 is 0 Å². The van der Waals surface area contributed by atoms with Crippen LogP contribution >= 0.6 is 0 Å². The van der Waals surface area contributed by atoms with E-state index in [4.69, 9.17) is 0 Å². The predicted molar refractivity (Wildman–Crippen MR) is 104 cm³/mol. The molecule has 3 rings (SSSR count). The quantitative estimate of drug-likeness (QED) is 0.799. The first-order valence-corrected chi connectivity index (χ1v) is 9.61. The smallest absolute Gasteiger partial charge is 0.256 e. The van der Waals surface area contributed by atoms with Gasteiger partial charge in [-0.15, -0.1) is 0 Å². The Hall–Kier alpha value is -2.43. The number of rotatable bonds is 6. The Kier molecular flexibility index (Phi) is 6.21. The minimum absolute atomic E-state index is 0.00289. The summed E-state index contributed by atoms with van der Waals surface area (Å²) in [5.74, 6) is 1.46. The largest absolute Gasteiger partial charge is 0.341 e. The summed E-state index contributed by atoms with van der Waals surface area (Å²) in [6, 6.07) is 10.7. The Morgan fingerprint density at radius 2 is 1.69 bits per heavy atom.